The summed E-state index contributed by atoms with van der Waals surface area (Å²) < 4.78 is 123. The Hall–Kier alpha value is -10.3. The Morgan fingerprint density at radius 1 is 0.186 bits per heavy atom. The van der Waals surface area contributed by atoms with Gasteiger partial charge in [0, 0.05) is 11.1 Å². The van der Waals surface area contributed by atoms with Gasteiger partial charge in [0.05, 0.1) is 89.3 Å². The van der Waals surface area contributed by atoms with E-state index >= 15 is 0 Å². The Balaban J connectivity index is -0.0000000755. The second kappa shape index (κ2) is 93.7. The van der Waals surface area contributed by atoms with Crippen molar-refractivity contribution >= 4 is 107 Å². The first-order valence-corrected chi connectivity index (χ1v) is 41.5. The average Bonchev–Trinajstić information content (AvgIpc) is 0.918. The second-order valence-electron chi connectivity index (χ2n) is 32.2. The zero-order chi connectivity index (χ0) is 98.3. The van der Waals surface area contributed by atoms with Gasteiger partial charge >= 0.3 is 114 Å². The summed E-state index contributed by atoms with van der Waals surface area (Å²) in [4.78, 5) is 207. The maximum absolute atomic E-state index is 11.8. The second-order valence-corrected chi connectivity index (χ2v) is 32.2. The summed E-state index contributed by atoms with van der Waals surface area (Å²) in [6.45, 7) is 46.0. The lowest BCUT2D eigenvalue weighted by molar-refractivity contribution is -0.174. The summed E-state index contributed by atoms with van der Waals surface area (Å²) in [6, 6.07) is 0. The van der Waals surface area contributed by atoms with E-state index in [0.29, 0.717) is 44.9 Å². The van der Waals surface area contributed by atoms with Crippen molar-refractivity contribution < 1.29 is 185 Å². The first-order valence-electron chi connectivity index (χ1n) is 41.5. The van der Waals surface area contributed by atoms with Crippen molar-refractivity contribution in [3.8, 4) is 0 Å². The topological polar surface area (TPSA) is 473 Å². The van der Waals surface area contributed by atoms with Gasteiger partial charge in [-0.1, -0.05) is 166 Å². The summed E-state index contributed by atoms with van der Waals surface area (Å²) in [7, 11) is 0. The van der Waals surface area contributed by atoms with Crippen LogP contribution in [0.2, 0.25) is 0 Å². The highest BCUT2D eigenvalue weighted by atomic mass is 19.4. The summed E-state index contributed by atoms with van der Waals surface area (Å²) >= 11 is 0. The van der Waals surface area contributed by atoms with Crippen molar-refractivity contribution in [2.45, 2.75) is 372 Å². The molecule has 0 aliphatic rings. The minimum atomic E-state index is -4.59. The van der Waals surface area contributed by atoms with Gasteiger partial charge in [-0.05, 0) is 156 Å². The molecule has 0 unspecified atom stereocenters. The average molecular weight is 2040 g/mol. The van der Waals surface area contributed by atoms with E-state index in [4.69, 9.17) is 80.5 Å². The Morgan fingerprint density at radius 3 is 0.386 bits per heavy atom. The van der Waals surface area contributed by atoms with Crippen molar-refractivity contribution in [3.63, 3.8) is 0 Å². The molecule has 838 valence electrons. The molecule has 0 rings (SSSR count). The molecular formula is C101H197F3O36. The van der Waals surface area contributed by atoms with Gasteiger partial charge in [-0.15, -0.1) is 0 Å². The van der Waals surface area contributed by atoms with E-state index in [-0.39, 0.29) is 321 Å². The summed E-state index contributed by atoms with van der Waals surface area (Å²) in [5, 5.41) is 0. The lowest BCUT2D eigenvalue weighted by Crippen LogP contribution is -2.27. The summed E-state index contributed by atoms with van der Waals surface area (Å²) in [5.74, 6) is -9.83. The van der Waals surface area contributed by atoms with Crippen LogP contribution in [-0.4, -0.2) is 233 Å². The standard InChI is InChI=1S/2C20H34O8.2C18H28O8.C11H17F3O4.14CH4/c2*1-7-19(3,4)17(23)27-13-11-25-15(21)9-10-16(22)26-12-14-28-18(24)20(5,6)8-2;2*1-6-18(4,5)17(22)26-12-10-24-15(20)8-7-14(19)23-9-11-25-16(21)13(2)3;1-4-10(2,3)9(16)18-6-5-17-8(15)7-11(12,13)14;;;;;;;;;;;;;;/h2*7-14H2,1-6H3;2*2,6-12H2,1,3-5H3;4-7H2,1-3H3;14*1H4. The minimum absolute atomic E-state index is 0. The molecule has 0 spiro atoms. The fourth-order valence-corrected chi connectivity index (χ4v) is 6.84. The number of carbonyl (C=O) groups excluding carboxylic acids is 18. The number of alkyl halides is 3. The number of ether oxygens (including phenoxy) is 18. The highest BCUT2D eigenvalue weighted by Gasteiger charge is 2.35. The molecule has 0 bridgehead atoms. The molecule has 0 fully saturated rings. The molecule has 0 aliphatic heterocycles. The maximum Gasteiger partial charge on any atom is 0.399 e. The lowest BCUT2D eigenvalue weighted by Gasteiger charge is -2.20. The minimum Gasteiger partial charge on any atom is -0.462 e. The van der Waals surface area contributed by atoms with E-state index in [0.717, 1.165) is 0 Å². The molecule has 0 amide bonds. The number of rotatable bonds is 56. The van der Waals surface area contributed by atoms with Crippen LogP contribution in [0.3, 0.4) is 0 Å². The third-order valence-corrected chi connectivity index (χ3v) is 18.4. The molecule has 0 atom stereocenters. The molecular weight excluding hydrogens is 1850 g/mol. The summed E-state index contributed by atoms with van der Waals surface area (Å²) in [6.07, 6.45) is -3.00. The van der Waals surface area contributed by atoms with Gasteiger partial charge in [0.25, 0.3) is 0 Å². The van der Waals surface area contributed by atoms with Gasteiger partial charge in [-0.3, -0.25) is 76.7 Å². The van der Waals surface area contributed by atoms with E-state index in [1.807, 2.05) is 48.5 Å². The molecule has 0 aromatic rings. The molecule has 0 saturated heterocycles. The van der Waals surface area contributed by atoms with Crippen LogP contribution in [0.15, 0.2) is 24.3 Å². The summed E-state index contributed by atoms with van der Waals surface area (Å²) in [5.41, 5.74) is -3.61. The number of hydrogen-bond donors (Lipinski definition) is 0. The lowest BCUT2D eigenvalue weighted by atomic mass is 9.91. The predicted octanol–water partition coefficient (Wildman–Crippen LogP) is 20.9. The van der Waals surface area contributed by atoms with Gasteiger partial charge < -0.3 is 85.3 Å². The van der Waals surface area contributed by atoms with E-state index in [9.17, 15) is 99.5 Å². The molecule has 0 aliphatic carbocycles. The monoisotopic (exact) mass is 2040 g/mol. The molecule has 0 heterocycles. The van der Waals surface area contributed by atoms with Crippen LogP contribution in [0.4, 0.5) is 13.2 Å². The van der Waals surface area contributed by atoms with Gasteiger partial charge in [-0.25, -0.2) is 9.59 Å². The van der Waals surface area contributed by atoms with E-state index in [1.165, 1.54) is 13.8 Å². The van der Waals surface area contributed by atoms with Crippen molar-refractivity contribution in [3.05, 3.63) is 24.3 Å². The molecule has 0 saturated carbocycles. The number of halogens is 3. The van der Waals surface area contributed by atoms with Crippen molar-refractivity contribution in [2.75, 3.05) is 119 Å². The van der Waals surface area contributed by atoms with Crippen molar-refractivity contribution in [2.24, 2.45) is 37.9 Å². The highest BCUT2D eigenvalue weighted by Crippen LogP contribution is 2.27. The molecule has 140 heavy (non-hydrogen) atoms. The smallest absolute Gasteiger partial charge is 0.399 e. The van der Waals surface area contributed by atoms with Gasteiger partial charge in [0.2, 0.25) is 0 Å². The van der Waals surface area contributed by atoms with E-state index in [2.05, 4.69) is 17.9 Å². The fraction of sp³-hybridized carbons (Fsp3) is 0.782. The van der Waals surface area contributed by atoms with Crippen molar-refractivity contribution in [1.29, 1.82) is 0 Å². The number of hydrogen-bond acceptors (Lipinski definition) is 36. The SMILES string of the molecule is C.C.C.C.C.C.C.C.C.C.C.C.C.C.C=C(C)C(=O)OCCOC(=O)CCC(=O)OCCOC(=O)C(C)(C)CC.C=C(C)C(=O)OCCOC(=O)CCC(=O)OCCOC(=O)C(C)(C)CC.CCC(C)(C)C(=O)OCCOC(=O)CC(F)(F)F.CCC(C)(C)C(=O)OCCOC(=O)CCC(=O)OCCOC(=O)C(C)(C)CC.CCC(C)(C)C(=O)OCCOC(=O)CCC(=O)OCCOC(=O)C(C)(C)CC. The van der Waals surface area contributed by atoms with Crippen LogP contribution >= 0.6 is 0 Å². The molecule has 0 aromatic carbocycles. The van der Waals surface area contributed by atoms with Crippen LogP contribution < -0.4 is 0 Å². The van der Waals surface area contributed by atoms with Gasteiger partial charge in [-0.2, -0.15) is 13.2 Å². The van der Waals surface area contributed by atoms with E-state index in [1.54, 1.807) is 96.9 Å². The van der Waals surface area contributed by atoms with Gasteiger partial charge in [0.15, 0.2) is 0 Å². The Labute approximate surface area is 841 Å². The molecule has 0 N–H and O–H groups in total. The Morgan fingerprint density at radius 2 is 0.286 bits per heavy atom. The molecule has 39 heteroatoms. The number of esters is 18. The predicted molar refractivity (Wildman–Crippen MR) is 537 cm³/mol. The zero-order valence-electron chi connectivity index (χ0n) is 78.3. The van der Waals surface area contributed by atoms with Crippen LogP contribution in [0.1, 0.15) is 366 Å². The zero-order valence-corrected chi connectivity index (χ0v) is 78.3. The van der Waals surface area contributed by atoms with Gasteiger partial charge in [0.1, 0.15) is 125 Å². The van der Waals surface area contributed by atoms with Crippen molar-refractivity contribution in [1.82, 2.24) is 0 Å². The third-order valence-electron chi connectivity index (χ3n) is 18.4. The van der Waals surface area contributed by atoms with Crippen LogP contribution in [-0.2, 0) is 172 Å². The molecule has 36 nitrogen and oxygen atoms in total. The maximum atomic E-state index is 11.8. The highest BCUT2D eigenvalue weighted by molar-refractivity contribution is 5.88. The largest absolute Gasteiger partial charge is 0.462 e. The molecule has 0 radical (unpaired) electrons. The quantitative estimate of drug-likeness (QED) is 0.0236. The number of carbonyl (C=O) groups is 18. The first kappa shape index (κ1) is 175. The van der Waals surface area contributed by atoms with E-state index < -0.39 is 122 Å². The molecule has 0 aromatic heterocycles. The normalized spacial score (nSPS) is 10.1. The fourth-order valence-electron chi connectivity index (χ4n) is 6.84. The Kier molecular flexibility index (Phi) is 117. The Bertz CT molecular complexity index is 3160. The third kappa shape index (κ3) is 92.7. The van der Waals surface area contributed by atoms with Crippen LogP contribution in [0, 0.1) is 37.9 Å². The van der Waals surface area contributed by atoms with Crippen LogP contribution in [0.5, 0.6) is 0 Å². The first-order chi connectivity index (χ1) is 58.2. The van der Waals surface area contributed by atoms with Crippen LogP contribution in [0.25, 0.3) is 0 Å².